The zero-order valence-electron chi connectivity index (χ0n) is 17.6. The maximum Gasteiger partial charge on any atom is 0.243 e. The van der Waals surface area contributed by atoms with Crippen LogP contribution in [0.3, 0.4) is 0 Å². The van der Waals surface area contributed by atoms with E-state index in [1.54, 1.807) is 30.3 Å². The highest BCUT2D eigenvalue weighted by molar-refractivity contribution is 7.89. The monoisotopic (exact) mass is 481 g/mol. The molecule has 3 aromatic carbocycles. The Morgan fingerprint density at radius 2 is 1.79 bits per heavy atom. The quantitative estimate of drug-likeness (QED) is 0.344. The molecule has 4 rings (SSSR count). The Hall–Kier alpha value is -3.40. The van der Waals surface area contributed by atoms with E-state index in [9.17, 15) is 17.6 Å². The van der Waals surface area contributed by atoms with Crippen molar-refractivity contribution in [1.29, 1.82) is 0 Å². The van der Waals surface area contributed by atoms with Crippen molar-refractivity contribution >= 4 is 38.0 Å². The molecule has 168 valence electrons. The molecule has 0 bridgehead atoms. The molecule has 0 aliphatic rings. The van der Waals surface area contributed by atoms with Gasteiger partial charge in [0.1, 0.15) is 10.7 Å². The third kappa shape index (κ3) is 5.33. The standard InChI is InChI=1S/C24H20FN3O3S2/c1-16-7-2-3-10-19(16)23(29)21-15-26-24(32-21)28-18-9-6-8-17(13-18)14-27-33(30,31)22-12-5-4-11-20(22)25/h2-13,15,27H,14H2,1H3,(H,26,28). The van der Waals surface area contributed by atoms with Gasteiger partial charge in [-0.1, -0.05) is 59.9 Å². The van der Waals surface area contributed by atoms with Crippen molar-refractivity contribution in [3.63, 3.8) is 0 Å². The molecule has 0 saturated heterocycles. The van der Waals surface area contributed by atoms with Gasteiger partial charge in [0.05, 0.1) is 11.1 Å². The van der Waals surface area contributed by atoms with Crippen molar-refractivity contribution in [1.82, 2.24) is 9.71 Å². The van der Waals surface area contributed by atoms with Crippen LogP contribution in [0.15, 0.2) is 83.9 Å². The largest absolute Gasteiger partial charge is 0.332 e. The number of thiazole rings is 1. The number of benzene rings is 3. The first-order valence-electron chi connectivity index (χ1n) is 10.00. The minimum absolute atomic E-state index is 0.0128. The second kappa shape index (κ2) is 9.62. The van der Waals surface area contributed by atoms with Gasteiger partial charge in [-0.3, -0.25) is 4.79 Å². The number of sulfonamides is 1. The van der Waals surface area contributed by atoms with Crippen LogP contribution in [0.4, 0.5) is 15.2 Å². The first kappa shape index (κ1) is 22.8. The Bertz CT molecular complexity index is 1420. The highest BCUT2D eigenvalue weighted by Crippen LogP contribution is 2.26. The zero-order chi connectivity index (χ0) is 23.4. The van der Waals surface area contributed by atoms with Crippen LogP contribution < -0.4 is 10.0 Å². The maximum absolute atomic E-state index is 13.8. The fourth-order valence-corrected chi connectivity index (χ4v) is 5.08. The van der Waals surface area contributed by atoms with Gasteiger partial charge in [-0.25, -0.2) is 22.5 Å². The van der Waals surface area contributed by atoms with Gasteiger partial charge < -0.3 is 5.32 Å². The van der Waals surface area contributed by atoms with Gasteiger partial charge >= 0.3 is 0 Å². The van der Waals surface area contributed by atoms with Crippen LogP contribution in [0, 0.1) is 12.7 Å². The van der Waals surface area contributed by atoms with Crippen molar-refractivity contribution in [2.45, 2.75) is 18.4 Å². The lowest BCUT2D eigenvalue weighted by Crippen LogP contribution is -2.24. The van der Waals surface area contributed by atoms with Gasteiger partial charge in [-0.05, 0) is 42.3 Å². The molecule has 0 unspecified atom stereocenters. The molecule has 2 N–H and O–H groups in total. The first-order chi connectivity index (χ1) is 15.8. The van der Waals surface area contributed by atoms with Crippen LogP contribution >= 0.6 is 11.3 Å². The highest BCUT2D eigenvalue weighted by Gasteiger charge is 2.18. The van der Waals surface area contributed by atoms with Crippen LogP contribution in [0.5, 0.6) is 0 Å². The van der Waals surface area contributed by atoms with Gasteiger partial charge in [0.15, 0.2) is 5.13 Å². The molecule has 0 amide bonds. The molecule has 0 spiro atoms. The molecular weight excluding hydrogens is 461 g/mol. The van der Waals surface area contributed by atoms with Gasteiger partial charge in [-0.15, -0.1) is 0 Å². The number of rotatable bonds is 8. The van der Waals surface area contributed by atoms with Crippen molar-refractivity contribution in [3.05, 3.63) is 106 Å². The smallest absolute Gasteiger partial charge is 0.243 e. The van der Waals surface area contributed by atoms with Crippen molar-refractivity contribution in [3.8, 4) is 0 Å². The Labute approximate surface area is 195 Å². The summed E-state index contributed by atoms with van der Waals surface area (Å²) in [5, 5.41) is 3.68. The van der Waals surface area contributed by atoms with E-state index < -0.39 is 20.7 Å². The molecule has 1 heterocycles. The molecule has 33 heavy (non-hydrogen) atoms. The van der Waals surface area contributed by atoms with Crippen LogP contribution in [-0.2, 0) is 16.6 Å². The van der Waals surface area contributed by atoms with E-state index in [1.165, 1.54) is 35.7 Å². The van der Waals surface area contributed by atoms with E-state index in [-0.39, 0.29) is 12.3 Å². The summed E-state index contributed by atoms with van der Waals surface area (Å²) in [4.78, 5) is 17.2. The molecule has 0 saturated carbocycles. The van der Waals surface area contributed by atoms with Crippen LogP contribution in [0.25, 0.3) is 0 Å². The molecular formula is C24H20FN3O3S2. The van der Waals surface area contributed by atoms with Crippen molar-refractivity contribution in [2.75, 3.05) is 5.32 Å². The van der Waals surface area contributed by atoms with Crippen LogP contribution in [-0.4, -0.2) is 19.2 Å². The summed E-state index contributed by atoms with van der Waals surface area (Å²) in [7, 11) is -3.99. The number of nitrogens with one attached hydrogen (secondary N) is 2. The average molecular weight is 482 g/mol. The molecule has 0 fully saturated rings. The predicted octanol–water partition coefficient (Wildman–Crippen LogP) is 5.04. The Kier molecular flexibility index (Phi) is 6.64. The topological polar surface area (TPSA) is 88.2 Å². The minimum atomic E-state index is -3.99. The number of anilines is 2. The molecule has 1 aromatic heterocycles. The average Bonchev–Trinajstić information content (AvgIpc) is 3.26. The van der Waals surface area contributed by atoms with E-state index in [2.05, 4.69) is 15.0 Å². The van der Waals surface area contributed by atoms with E-state index >= 15 is 0 Å². The zero-order valence-corrected chi connectivity index (χ0v) is 19.2. The second-order valence-electron chi connectivity index (χ2n) is 7.25. The highest BCUT2D eigenvalue weighted by atomic mass is 32.2. The Morgan fingerprint density at radius 3 is 2.58 bits per heavy atom. The number of hydrogen-bond acceptors (Lipinski definition) is 6. The summed E-state index contributed by atoms with van der Waals surface area (Å²) >= 11 is 1.24. The number of nitrogens with zero attached hydrogens (tertiary/aromatic N) is 1. The summed E-state index contributed by atoms with van der Waals surface area (Å²) in [6.45, 7) is 1.88. The van der Waals surface area contributed by atoms with Gasteiger partial charge in [0.2, 0.25) is 15.8 Å². The predicted molar refractivity (Wildman–Crippen MR) is 127 cm³/mol. The van der Waals surface area contributed by atoms with Gasteiger partial charge in [-0.2, -0.15) is 0 Å². The number of carbonyl (C=O) groups is 1. The molecule has 6 nitrogen and oxygen atoms in total. The lowest BCUT2D eigenvalue weighted by atomic mass is 10.0. The van der Waals surface area contributed by atoms with Crippen LogP contribution in [0.2, 0.25) is 0 Å². The SMILES string of the molecule is Cc1ccccc1C(=O)c1cnc(Nc2cccc(CNS(=O)(=O)c3ccccc3F)c2)s1. The first-order valence-corrected chi connectivity index (χ1v) is 12.3. The minimum Gasteiger partial charge on any atom is -0.332 e. The molecule has 0 aliphatic heterocycles. The number of carbonyl (C=O) groups excluding carboxylic acids is 1. The summed E-state index contributed by atoms with van der Waals surface area (Å²) < 4.78 is 41.1. The van der Waals surface area contributed by atoms with E-state index in [1.807, 2.05) is 25.1 Å². The molecule has 9 heteroatoms. The number of halogens is 1. The number of aromatic nitrogens is 1. The van der Waals surface area contributed by atoms with Crippen molar-refractivity contribution < 1.29 is 17.6 Å². The number of aryl methyl sites for hydroxylation is 1. The Morgan fingerprint density at radius 1 is 1.03 bits per heavy atom. The second-order valence-corrected chi connectivity index (χ2v) is 10.0. The summed E-state index contributed by atoms with van der Waals surface area (Å²) in [5.74, 6) is -0.893. The Balaban J connectivity index is 1.44. The van der Waals surface area contributed by atoms with E-state index in [4.69, 9.17) is 0 Å². The fourth-order valence-electron chi connectivity index (χ4n) is 3.20. The summed E-state index contributed by atoms with van der Waals surface area (Å²) in [6.07, 6.45) is 1.54. The number of ketones is 1. The third-order valence-electron chi connectivity index (χ3n) is 4.89. The normalized spacial score (nSPS) is 11.3. The van der Waals surface area contributed by atoms with Gasteiger partial charge in [0.25, 0.3) is 0 Å². The molecule has 0 aliphatic carbocycles. The number of hydrogen-bond donors (Lipinski definition) is 2. The molecule has 0 radical (unpaired) electrons. The van der Waals surface area contributed by atoms with E-state index in [0.717, 1.165) is 11.6 Å². The third-order valence-corrected chi connectivity index (χ3v) is 7.24. The van der Waals surface area contributed by atoms with Crippen LogP contribution in [0.1, 0.15) is 26.4 Å². The molecule has 0 atom stereocenters. The van der Waals surface area contributed by atoms with Crippen molar-refractivity contribution in [2.24, 2.45) is 0 Å². The van der Waals surface area contributed by atoms with Gasteiger partial charge in [0, 0.05) is 17.8 Å². The van der Waals surface area contributed by atoms with E-state index in [0.29, 0.717) is 26.8 Å². The lowest BCUT2D eigenvalue weighted by Gasteiger charge is -2.09. The summed E-state index contributed by atoms with van der Waals surface area (Å²) in [5.41, 5.74) is 2.89. The summed E-state index contributed by atoms with van der Waals surface area (Å²) in [6, 6.07) is 19.7. The molecule has 4 aromatic rings. The fraction of sp³-hybridized carbons (Fsp3) is 0.0833. The maximum atomic E-state index is 13.8. The lowest BCUT2D eigenvalue weighted by molar-refractivity contribution is 0.104.